The quantitative estimate of drug-likeness (QED) is 0.324. The molecule has 1 aliphatic rings. The van der Waals surface area contributed by atoms with Crippen molar-refractivity contribution >= 4 is 5.71 Å². The summed E-state index contributed by atoms with van der Waals surface area (Å²) in [6, 6.07) is 16.8. The highest BCUT2D eigenvalue weighted by Crippen LogP contribution is 2.30. The lowest BCUT2D eigenvalue weighted by atomic mass is 9.91. The molecule has 1 atom stereocenters. The van der Waals surface area contributed by atoms with Gasteiger partial charge in [0.15, 0.2) is 0 Å². The van der Waals surface area contributed by atoms with Crippen LogP contribution in [0.2, 0.25) is 0 Å². The van der Waals surface area contributed by atoms with Gasteiger partial charge in [-0.15, -0.1) is 0 Å². The van der Waals surface area contributed by atoms with Crippen molar-refractivity contribution in [1.29, 1.82) is 0 Å². The van der Waals surface area contributed by atoms with E-state index in [2.05, 4.69) is 53.3 Å². The van der Waals surface area contributed by atoms with Crippen molar-refractivity contribution in [2.75, 3.05) is 13.2 Å². The van der Waals surface area contributed by atoms with E-state index in [-0.39, 0.29) is 6.04 Å². The summed E-state index contributed by atoms with van der Waals surface area (Å²) in [7, 11) is 0. The summed E-state index contributed by atoms with van der Waals surface area (Å²) in [6.45, 7) is 3.09. The number of azide groups is 1. The topological polar surface area (TPSA) is 70.4 Å². The summed E-state index contributed by atoms with van der Waals surface area (Å²) >= 11 is 0. The number of aliphatic imine (C=N–C) groups is 1. The molecule has 1 unspecified atom stereocenters. The molecule has 24 heavy (non-hydrogen) atoms. The van der Waals surface area contributed by atoms with E-state index >= 15 is 0 Å². The number of hydrogen-bond donors (Lipinski definition) is 0. The van der Waals surface area contributed by atoms with Gasteiger partial charge in [-0.2, -0.15) is 0 Å². The highest BCUT2D eigenvalue weighted by molar-refractivity contribution is 6.00. The Morgan fingerprint density at radius 3 is 2.79 bits per heavy atom. The van der Waals surface area contributed by atoms with Crippen LogP contribution in [0.3, 0.4) is 0 Å². The zero-order chi connectivity index (χ0) is 16.8. The standard InChI is InChI=1S/C19H20N4O/c1-14-18-6-3-2-5-16(18)13-19(22-14)15-7-9-17(10-8-15)24-12-4-11-21-23-20/h2-3,5-10,19H,4,11-13H2,1H3. The minimum Gasteiger partial charge on any atom is -0.494 e. The lowest BCUT2D eigenvalue weighted by Crippen LogP contribution is -2.13. The van der Waals surface area contributed by atoms with Crippen LogP contribution in [0.15, 0.2) is 58.6 Å². The Morgan fingerprint density at radius 2 is 2.00 bits per heavy atom. The van der Waals surface area contributed by atoms with Crippen LogP contribution in [0.25, 0.3) is 10.4 Å². The average Bonchev–Trinajstić information content (AvgIpc) is 2.62. The number of rotatable bonds is 6. The van der Waals surface area contributed by atoms with Crippen LogP contribution in [-0.4, -0.2) is 18.9 Å². The monoisotopic (exact) mass is 320 g/mol. The van der Waals surface area contributed by atoms with Gasteiger partial charge < -0.3 is 4.74 Å². The lowest BCUT2D eigenvalue weighted by molar-refractivity contribution is 0.313. The Bertz CT molecular complexity index is 776. The van der Waals surface area contributed by atoms with Crippen LogP contribution in [0, 0.1) is 0 Å². The molecule has 2 aromatic carbocycles. The Balaban J connectivity index is 1.64. The third-order valence-electron chi connectivity index (χ3n) is 4.17. The van der Waals surface area contributed by atoms with E-state index in [0.29, 0.717) is 19.6 Å². The number of ether oxygens (including phenoxy) is 1. The summed E-state index contributed by atoms with van der Waals surface area (Å²) in [5.74, 6) is 0.830. The largest absolute Gasteiger partial charge is 0.494 e. The summed E-state index contributed by atoms with van der Waals surface area (Å²) in [4.78, 5) is 7.57. The fraction of sp³-hybridized carbons (Fsp3) is 0.316. The van der Waals surface area contributed by atoms with Crippen LogP contribution in [0.5, 0.6) is 5.75 Å². The van der Waals surface area contributed by atoms with E-state index in [1.54, 1.807) is 0 Å². The summed E-state index contributed by atoms with van der Waals surface area (Å²) in [5, 5.41) is 3.49. The minimum atomic E-state index is 0.166. The zero-order valence-electron chi connectivity index (χ0n) is 13.7. The van der Waals surface area contributed by atoms with Gasteiger partial charge >= 0.3 is 0 Å². The molecule has 0 spiro atoms. The average molecular weight is 320 g/mol. The van der Waals surface area contributed by atoms with Crippen molar-refractivity contribution in [2.24, 2.45) is 10.1 Å². The molecule has 3 rings (SSSR count). The first-order valence-corrected chi connectivity index (χ1v) is 8.14. The molecule has 0 fully saturated rings. The molecule has 0 saturated heterocycles. The SMILES string of the molecule is CC1=NC(c2ccc(OCCCN=[N+]=[N-])cc2)Cc2ccccc21. The van der Waals surface area contributed by atoms with Gasteiger partial charge in [0.2, 0.25) is 0 Å². The molecule has 5 nitrogen and oxygen atoms in total. The van der Waals surface area contributed by atoms with E-state index in [1.165, 1.54) is 16.7 Å². The van der Waals surface area contributed by atoms with Gasteiger partial charge in [-0.05, 0) is 54.1 Å². The van der Waals surface area contributed by atoms with E-state index < -0.39 is 0 Å². The molecule has 122 valence electrons. The highest BCUT2D eigenvalue weighted by atomic mass is 16.5. The van der Waals surface area contributed by atoms with Crippen molar-refractivity contribution in [3.05, 3.63) is 75.7 Å². The number of fused-ring (bicyclic) bond motifs is 1. The Hall–Kier alpha value is -2.78. The number of nitrogens with zero attached hydrogens (tertiary/aromatic N) is 4. The molecular formula is C19H20N4O. The van der Waals surface area contributed by atoms with Crippen molar-refractivity contribution in [2.45, 2.75) is 25.8 Å². The van der Waals surface area contributed by atoms with Crippen molar-refractivity contribution in [1.82, 2.24) is 0 Å². The Kier molecular flexibility index (Phi) is 5.14. The molecular weight excluding hydrogens is 300 g/mol. The van der Waals surface area contributed by atoms with Crippen molar-refractivity contribution in [3.8, 4) is 5.75 Å². The minimum absolute atomic E-state index is 0.166. The molecule has 2 aromatic rings. The maximum Gasteiger partial charge on any atom is 0.119 e. The first kappa shape index (κ1) is 16.1. The van der Waals surface area contributed by atoms with Gasteiger partial charge in [-0.1, -0.05) is 41.5 Å². The second kappa shape index (κ2) is 7.66. The number of benzene rings is 2. The fourth-order valence-electron chi connectivity index (χ4n) is 2.96. The molecule has 1 aliphatic heterocycles. The zero-order valence-corrected chi connectivity index (χ0v) is 13.7. The summed E-state index contributed by atoms with van der Waals surface area (Å²) < 4.78 is 5.65. The van der Waals surface area contributed by atoms with E-state index in [9.17, 15) is 0 Å². The molecule has 0 aromatic heterocycles. The maximum atomic E-state index is 8.22. The molecule has 0 saturated carbocycles. The van der Waals surface area contributed by atoms with Crippen LogP contribution < -0.4 is 4.74 Å². The van der Waals surface area contributed by atoms with E-state index in [1.807, 2.05) is 12.1 Å². The Morgan fingerprint density at radius 1 is 1.21 bits per heavy atom. The second-order valence-electron chi connectivity index (χ2n) is 5.82. The summed E-state index contributed by atoms with van der Waals surface area (Å²) in [6.07, 6.45) is 1.65. The van der Waals surface area contributed by atoms with Crippen LogP contribution in [0.1, 0.15) is 36.1 Å². The summed E-state index contributed by atoms with van der Waals surface area (Å²) in [5.41, 5.74) is 13.1. The van der Waals surface area contributed by atoms with Crippen molar-refractivity contribution in [3.63, 3.8) is 0 Å². The van der Waals surface area contributed by atoms with Crippen LogP contribution >= 0.6 is 0 Å². The van der Waals surface area contributed by atoms with E-state index in [4.69, 9.17) is 15.3 Å². The first-order valence-electron chi connectivity index (χ1n) is 8.14. The fourth-order valence-corrected chi connectivity index (χ4v) is 2.96. The predicted octanol–water partition coefficient (Wildman–Crippen LogP) is 4.87. The van der Waals surface area contributed by atoms with Gasteiger partial charge in [-0.3, -0.25) is 4.99 Å². The van der Waals surface area contributed by atoms with E-state index in [0.717, 1.165) is 17.9 Å². The Labute approximate surface area is 141 Å². The molecule has 0 bridgehead atoms. The molecule has 0 N–H and O–H groups in total. The smallest absolute Gasteiger partial charge is 0.119 e. The second-order valence-corrected chi connectivity index (χ2v) is 5.82. The normalized spacial score (nSPS) is 15.9. The first-order chi connectivity index (χ1) is 11.8. The van der Waals surface area contributed by atoms with Crippen molar-refractivity contribution < 1.29 is 4.74 Å². The van der Waals surface area contributed by atoms with Gasteiger partial charge in [0, 0.05) is 17.2 Å². The molecule has 1 heterocycles. The van der Waals surface area contributed by atoms with Gasteiger partial charge in [0.05, 0.1) is 12.6 Å². The lowest BCUT2D eigenvalue weighted by Gasteiger charge is -2.22. The van der Waals surface area contributed by atoms with Crippen LogP contribution in [0.4, 0.5) is 0 Å². The number of hydrogen-bond acceptors (Lipinski definition) is 3. The molecule has 0 amide bonds. The third kappa shape index (κ3) is 3.76. The highest BCUT2D eigenvalue weighted by Gasteiger charge is 2.19. The maximum absolute atomic E-state index is 8.22. The molecule has 5 heteroatoms. The van der Waals surface area contributed by atoms with Crippen LogP contribution in [-0.2, 0) is 6.42 Å². The van der Waals surface area contributed by atoms with Gasteiger partial charge in [-0.25, -0.2) is 0 Å². The predicted molar refractivity (Wildman–Crippen MR) is 95.7 cm³/mol. The van der Waals surface area contributed by atoms with Gasteiger partial charge in [0.1, 0.15) is 5.75 Å². The van der Waals surface area contributed by atoms with Gasteiger partial charge in [0.25, 0.3) is 0 Å². The molecule has 0 radical (unpaired) electrons. The molecule has 0 aliphatic carbocycles. The third-order valence-corrected chi connectivity index (χ3v) is 4.17.